The predicted molar refractivity (Wildman–Crippen MR) is 142 cm³/mol. The maximum absolute atomic E-state index is 10.2. The van der Waals surface area contributed by atoms with Gasteiger partial charge in [-0.25, -0.2) is 0 Å². The van der Waals surface area contributed by atoms with Gasteiger partial charge in [0, 0.05) is 18.6 Å². The summed E-state index contributed by atoms with van der Waals surface area (Å²) in [5, 5.41) is 20.1. The van der Waals surface area contributed by atoms with Crippen molar-refractivity contribution in [1.82, 2.24) is 0 Å². The van der Waals surface area contributed by atoms with Crippen LogP contribution < -0.4 is 0 Å². The summed E-state index contributed by atoms with van der Waals surface area (Å²) in [6, 6.07) is 19.0. The lowest BCUT2D eigenvalue weighted by atomic mass is 9.74. The molecule has 0 aliphatic carbocycles. The molecule has 0 bridgehead atoms. The van der Waals surface area contributed by atoms with Gasteiger partial charge in [-0.1, -0.05) is 82.3 Å². The van der Waals surface area contributed by atoms with Gasteiger partial charge in [-0.2, -0.15) is 0 Å². The Morgan fingerprint density at radius 1 is 0.848 bits per heavy atom. The van der Waals surface area contributed by atoms with E-state index in [-0.39, 0.29) is 23.7 Å². The van der Waals surface area contributed by atoms with E-state index in [2.05, 4.69) is 77.2 Å². The van der Waals surface area contributed by atoms with Crippen LogP contribution in [0, 0.1) is 5.92 Å². The summed E-state index contributed by atoms with van der Waals surface area (Å²) >= 11 is 0. The Balaban J connectivity index is 1.89. The molecule has 1 atom stereocenters. The zero-order valence-corrected chi connectivity index (χ0v) is 22.7. The maximum Gasteiger partial charge on any atom is 0.192 e. The molecule has 2 aromatic carbocycles. The third-order valence-electron chi connectivity index (χ3n) is 8.27. The summed E-state index contributed by atoms with van der Waals surface area (Å²) in [5.74, 6) is 0.613. The first-order chi connectivity index (χ1) is 15.6. The van der Waals surface area contributed by atoms with Crippen LogP contribution >= 0.6 is 0 Å². The highest BCUT2D eigenvalue weighted by Gasteiger charge is 2.43. The van der Waals surface area contributed by atoms with Crippen molar-refractivity contribution in [3.63, 3.8) is 0 Å². The Hall–Kier alpha value is -1.46. The molecular formula is C29H46O3Si. The Kier molecular flexibility index (Phi) is 10.4. The van der Waals surface area contributed by atoms with Crippen molar-refractivity contribution in [3.8, 4) is 0 Å². The Bertz CT molecular complexity index is 815. The number of hydrogen-bond acceptors (Lipinski definition) is 3. The van der Waals surface area contributed by atoms with Crippen LogP contribution in [0.1, 0.15) is 63.6 Å². The van der Waals surface area contributed by atoms with Gasteiger partial charge in [0.05, 0.1) is 6.61 Å². The molecule has 0 radical (unpaired) electrons. The minimum atomic E-state index is -1.77. The molecule has 0 amide bonds. The number of aliphatic hydroxyl groups excluding tert-OH is 2. The van der Waals surface area contributed by atoms with Crippen molar-refractivity contribution in [2.45, 2.75) is 83.3 Å². The molecule has 0 fully saturated rings. The van der Waals surface area contributed by atoms with Gasteiger partial charge in [-0.05, 0) is 72.8 Å². The second-order valence-corrected chi connectivity index (χ2v) is 15.5. The largest absolute Gasteiger partial charge is 0.416 e. The standard InChI is InChI=1S/C29H46O3Si/c1-24(2)28(3,4)33(5,6)32-22-18-26-16-14-25(15-17-26)11-10-19-29(23-31,20-21-30)27-12-8-7-9-13-27/h7-9,12-17,24,30-31H,10-11,18-23H2,1-6H3. The average Bonchev–Trinajstić information content (AvgIpc) is 2.79. The van der Waals surface area contributed by atoms with Crippen molar-refractivity contribution in [1.29, 1.82) is 0 Å². The van der Waals surface area contributed by atoms with Gasteiger partial charge in [0.1, 0.15) is 0 Å². The van der Waals surface area contributed by atoms with Crippen LogP contribution in [0.15, 0.2) is 54.6 Å². The zero-order chi connectivity index (χ0) is 24.5. The fraction of sp³-hybridized carbons (Fsp3) is 0.586. The third kappa shape index (κ3) is 7.26. The summed E-state index contributed by atoms with van der Waals surface area (Å²) in [6.45, 7) is 14.9. The molecule has 2 rings (SSSR count). The van der Waals surface area contributed by atoms with Crippen molar-refractivity contribution >= 4 is 8.32 Å². The molecule has 4 heteroatoms. The fourth-order valence-electron chi connectivity index (χ4n) is 4.48. The molecule has 0 aliphatic heterocycles. The van der Waals surface area contributed by atoms with Gasteiger partial charge >= 0.3 is 0 Å². The average molecular weight is 471 g/mol. The van der Waals surface area contributed by atoms with E-state index in [1.165, 1.54) is 11.1 Å². The predicted octanol–water partition coefficient (Wildman–Crippen LogP) is 6.52. The second kappa shape index (κ2) is 12.3. The lowest BCUT2D eigenvalue weighted by molar-refractivity contribution is 0.142. The van der Waals surface area contributed by atoms with E-state index in [9.17, 15) is 10.2 Å². The van der Waals surface area contributed by atoms with Gasteiger partial charge in [-0.3, -0.25) is 0 Å². The first-order valence-corrected chi connectivity index (χ1v) is 15.5. The van der Waals surface area contributed by atoms with E-state index < -0.39 is 8.32 Å². The monoisotopic (exact) mass is 470 g/mol. The SMILES string of the molecule is CC(C)C(C)(C)[Si](C)(C)OCCc1ccc(CCCC(CO)(CCO)c2ccccc2)cc1. The quantitative estimate of drug-likeness (QED) is 0.309. The van der Waals surface area contributed by atoms with Crippen molar-refractivity contribution < 1.29 is 14.6 Å². The highest BCUT2D eigenvalue weighted by atomic mass is 28.4. The first kappa shape index (κ1) is 27.8. The molecule has 184 valence electrons. The number of benzene rings is 2. The fourth-order valence-corrected chi connectivity index (χ4v) is 6.85. The molecule has 0 aromatic heterocycles. The Morgan fingerprint density at radius 3 is 1.94 bits per heavy atom. The molecule has 3 nitrogen and oxygen atoms in total. The van der Waals surface area contributed by atoms with Crippen LogP contribution in [0.25, 0.3) is 0 Å². The Morgan fingerprint density at radius 2 is 1.42 bits per heavy atom. The summed E-state index contributed by atoms with van der Waals surface area (Å²) in [7, 11) is -1.77. The molecule has 2 aromatic rings. The molecule has 33 heavy (non-hydrogen) atoms. The lowest BCUT2D eigenvalue weighted by Crippen LogP contribution is -2.45. The Labute approximate surface area is 203 Å². The lowest BCUT2D eigenvalue weighted by Gasteiger charge is -2.42. The number of aryl methyl sites for hydroxylation is 1. The topological polar surface area (TPSA) is 49.7 Å². The van der Waals surface area contributed by atoms with Gasteiger partial charge in [0.15, 0.2) is 8.32 Å². The van der Waals surface area contributed by atoms with Crippen molar-refractivity contribution in [3.05, 3.63) is 71.3 Å². The molecular weight excluding hydrogens is 424 g/mol. The third-order valence-corrected chi connectivity index (χ3v) is 12.9. The maximum atomic E-state index is 10.2. The van der Waals surface area contributed by atoms with Crippen LogP contribution in [0.3, 0.4) is 0 Å². The molecule has 0 aliphatic rings. The van der Waals surface area contributed by atoms with Gasteiger partial charge < -0.3 is 14.6 Å². The number of rotatable bonds is 14. The molecule has 0 heterocycles. The van der Waals surface area contributed by atoms with E-state index in [0.29, 0.717) is 12.3 Å². The highest BCUT2D eigenvalue weighted by Crippen LogP contribution is 2.44. The van der Waals surface area contributed by atoms with Crippen LogP contribution in [0.2, 0.25) is 18.1 Å². The minimum absolute atomic E-state index is 0.0593. The molecule has 2 N–H and O–H groups in total. The van der Waals surface area contributed by atoms with E-state index in [1.54, 1.807) is 0 Å². The number of aliphatic hydroxyl groups is 2. The van der Waals surface area contributed by atoms with Crippen LogP contribution in [0.4, 0.5) is 0 Å². The molecule has 0 saturated carbocycles. The van der Waals surface area contributed by atoms with Crippen LogP contribution in [-0.2, 0) is 22.7 Å². The van der Waals surface area contributed by atoms with Crippen LogP contribution in [-0.4, -0.2) is 38.4 Å². The molecule has 0 spiro atoms. The van der Waals surface area contributed by atoms with Gasteiger partial charge in [0.25, 0.3) is 0 Å². The van der Waals surface area contributed by atoms with Gasteiger partial charge in [-0.15, -0.1) is 0 Å². The van der Waals surface area contributed by atoms with E-state index >= 15 is 0 Å². The van der Waals surface area contributed by atoms with Crippen LogP contribution in [0.5, 0.6) is 0 Å². The molecule has 0 saturated heterocycles. The van der Waals surface area contributed by atoms with E-state index in [0.717, 1.165) is 37.9 Å². The second-order valence-electron chi connectivity index (χ2n) is 10.9. The summed E-state index contributed by atoms with van der Waals surface area (Å²) in [4.78, 5) is 0. The smallest absolute Gasteiger partial charge is 0.192 e. The minimum Gasteiger partial charge on any atom is -0.416 e. The molecule has 1 unspecified atom stereocenters. The van der Waals surface area contributed by atoms with Crippen molar-refractivity contribution in [2.24, 2.45) is 5.92 Å². The summed E-state index contributed by atoms with van der Waals surface area (Å²) in [6.07, 6.45) is 4.33. The zero-order valence-electron chi connectivity index (χ0n) is 21.7. The van der Waals surface area contributed by atoms with Crippen molar-refractivity contribution in [2.75, 3.05) is 19.8 Å². The van der Waals surface area contributed by atoms with E-state index in [4.69, 9.17) is 4.43 Å². The number of hydrogen-bond donors (Lipinski definition) is 2. The summed E-state index contributed by atoms with van der Waals surface area (Å²) < 4.78 is 6.46. The summed E-state index contributed by atoms with van der Waals surface area (Å²) in [5.41, 5.74) is 3.39. The first-order valence-electron chi connectivity index (χ1n) is 12.6. The highest BCUT2D eigenvalue weighted by molar-refractivity contribution is 6.74. The normalized spacial score (nSPS) is 14.5. The van der Waals surface area contributed by atoms with E-state index in [1.807, 2.05) is 18.2 Å². The van der Waals surface area contributed by atoms with Gasteiger partial charge in [0.2, 0.25) is 0 Å².